The lowest BCUT2D eigenvalue weighted by atomic mass is 9.89. The molecule has 25 heavy (non-hydrogen) atoms. The number of rotatable bonds is 7. The number of methoxy groups -OCH3 is 1. The zero-order valence-corrected chi connectivity index (χ0v) is 16.7. The van der Waals surface area contributed by atoms with E-state index >= 15 is 0 Å². The van der Waals surface area contributed by atoms with Gasteiger partial charge in [-0.2, -0.15) is 0 Å². The van der Waals surface area contributed by atoms with Gasteiger partial charge in [0.2, 0.25) is 10.0 Å². The molecular formula is C17H30N4O3S. The molecule has 0 aliphatic carbocycles. The highest BCUT2D eigenvalue weighted by Gasteiger charge is 2.24. The average molecular weight is 371 g/mol. The molecular weight excluding hydrogens is 340 g/mol. The zero-order chi connectivity index (χ0) is 19.1. The van der Waals surface area contributed by atoms with Gasteiger partial charge in [-0.05, 0) is 30.2 Å². The molecule has 1 rings (SSSR count). The lowest BCUT2D eigenvalue weighted by molar-refractivity contribution is 0.0205. The molecule has 0 aliphatic heterocycles. The number of ether oxygens (including phenoxy) is 1. The molecule has 1 atom stereocenters. The Morgan fingerprint density at radius 1 is 1.20 bits per heavy atom. The molecule has 0 saturated heterocycles. The number of hydrogen-bond donors (Lipinski definition) is 3. The van der Waals surface area contributed by atoms with E-state index in [0.717, 1.165) is 5.56 Å². The average Bonchev–Trinajstić information content (AvgIpc) is 2.57. The predicted octanol–water partition coefficient (Wildman–Crippen LogP) is 1.32. The summed E-state index contributed by atoms with van der Waals surface area (Å²) in [5.41, 5.74) is 0.979. The number of aliphatic imine (C=N–C) groups is 1. The van der Waals surface area contributed by atoms with Gasteiger partial charge in [0.25, 0.3) is 0 Å². The molecule has 0 aliphatic rings. The van der Waals surface area contributed by atoms with Gasteiger partial charge in [0.05, 0.1) is 11.0 Å². The van der Waals surface area contributed by atoms with Crippen molar-refractivity contribution in [3.8, 4) is 0 Å². The van der Waals surface area contributed by atoms with Crippen LogP contribution in [0.15, 0.2) is 34.2 Å². The summed E-state index contributed by atoms with van der Waals surface area (Å²) < 4.78 is 31.2. The molecule has 142 valence electrons. The third-order valence-electron chi connectivity index (χ3n) is 3.89. The van der Waals surface area contributed by atoms with E-state index < -0.39 is 10.0 Å². The first-order valence-corrected chi connectivity index (χ1v) is 9.62. The van der Waals surface area contributed by atoms with Crippen LogP contribution in [0.5, 0.6) is 0 Å². The van der Waals surface area contributed by atoms with Gasteiger partial charge >= 0.3 is 0 Å². The lowest BCUT2D eigenvalue weighted by Gasteiger charge is -2.30. The highest BCUT2D eigenvalue weighted by molar-refractivity contribution is 7.89. The van der Waals surface area contributed by atoms with Gasteiger partial charge in [-0.25, -0.2) is 13.1 Å². The van der Waals surface area contributed by atoms with Crippen LogP contribution in [0, 0.1) is 5.41 Å². The Morgan fingerprint density at radius 2 is 1.80 bits per heavy atom. The summed E-state index contributed by atoms with van der Waals surface area (Å²) in [5, 5.41) is 6.46. The fraction of sp³-hybridized carbons (Fsp3) is 0.588. The van der Waals surface area contributed by atoms with Crippen molar-refractivity contribution >= 4 is 16.0 Å². The number of sulfonamides is 1. The quantitative estimate of drug-likeness (QED) is 0.497. The van der Waals surface area contributed by atoms with Gasteiger partial charge in [-0.1, -0.05) is 32.9 Å². The van der Waals surface area contributed by atoms with Crippen LogP contribution in [-0.4, -0.2) is 48.2 Å². The van der Waals surface area contributed by atoms with Crippen LogP contribution < -0.4 is 15.4 Å². The SMILES string of the molecule is CN=C(NCc1ccc(S(=O)(=O)NC)cc1)NCC(OC)C(C)(C)C. The van der Waals surface area contributed by atoms with E-state index in [1.165, 1.54) is 7.05 Å². The molecule has 0 amide bonds. The first-order valence-electron chi connectivity index (χ1n) is 8.14. The summed E-state index contributed by atoms with van der Waals surface area (Å²) in [7, 11) is 1.40. The van der Waals surface area contributed by atoms with Crippen molar-refractivity contribution in [2.45, 2.75) is 38.3 Å². The Labute approximate surface area is 151 Å². The predicted molar refractivity (Wildman–Crippen MR) is 101 cm³/mol. The maximum atomic E-state index is 11.7. The Kier molecular flexibility index (Phi) is 7.85. The number of nitrogens with one attached hydrogen (secondary N) is 3. The van der Waals surface area contributed by atoms with Crippen LogP contribution in [0.25, 0.3) is 0 Å². The molecule has 8 heteroatoms. The molecule has 0 saturated carbocycles. The Hall–Kier alpha value is -1.64. The number of guanidine groups is 1. The zero-order valence-electron chi connectivity index (χ0n) is 15.9. The van der Waals surface area contributed by atoms with E-state index in [2.05, 4.69) is 41.1 Å². The van der Waals surface area contributed by atoms with Crippen LogP contribution in [0.3, 0.4) is 0 Å². The molecule has 3 N–H and O–H groups in total. The maximum Gasteiger partial charge on any atom is 0.240 e. The minimum atomic E-state index is -3.41. The van der Waals surface area contributed by atoms with Crippen LogP contribution in [0.4, 0.5) is 0 Å². The summed E-state index contributed by atoms with van der Waals surface area (Å²) in [4.78, 5) is 4.44. The second-order valence-electron chi connectivity index (χ2n) is 6.75. The molecule has 0 bridgehead atoms. The van der Waals surface area contributed by atoms with Crippen molar-refractivity contribution in [3.05, 3.63) is 29.8 Å². The highest BCUT2D eigenvalue weighted by Crippen LogP contribution is 2.20. The summed E-state index contributed by atoms with van der Waals surface area (Å²) in [6, 6.07) is 6.72. The second kappa shape index (κ2) is 9.17. The summed E-state index contributed by atoms with van der Waals surface area (Å²) >= 11 is 0. The number of hydrogen-bond acceptors (Lipinski definition) is 4. The largest absolute Gasteiger partial charge is 0.379 e. The van der Waals surface area contributed by atoms with Gasteiger partial charge in [-0.15, -0.1) is 0 Å². The molecule has 1 aromatic carbocycles. The van der Waals surface area contributed by atoms with Gasteiger partial charge in [0.1, 0.15) is 0 Å². The minimum Gasteiger partial charge on any atom is -0.379 e. The first kappa shape index (κ1) is 21.4. The second-order valence-corrected chi connectivity index (χ2v) is 8.64. The highest BCUT2D eigenvalue weighted by atomic mass is 32.2. The van der Waals surface area contributed by atoms with Gasteiger partial charge in [0, 0.05) is 27.2 Å². The minimum absolute atomic E-state index is 0.0231. The third kappa shape index (κ3) is 6.64. The van der Waals surface area contributed by atoms with Crippen LogP contribution in [0.2, 0.25) is 0 Å². The topological polar surface area (TPSA) is 91.8 Å². The Balaban J connectivity index is 2.61. The van der Waals surface area contributed by atoms with Gasteiger partial charge < -0.3 is 15.4 Å². The summed E-state index contributed by atoms with van der Waals surface area (Å²) in [6.07, 6.45) is 0.0529. The van der Waals surface area contributed by atoms with E-state index in [0.29, 0.717) is 19.0 Å². The van der Waals surface area contributed by atoms with Gasteiger partial charge in [-0.3, -0.25) is 4.99 Å². The monoisotopic (exact) mass is 370 g/mol. The van der Waals surface area contributed by atoms with Crippen molar-refractivity contribution in [3.63, 3.8) is 0 Å². The molecule has 0 spiro atoms. The van der Waals surface area contributed by atoms with E-state index in [4.69, 9.17) is 4.74 Å². The first-order chi connectivity index (χ1) is 11.6. The van der Waals surface area contributed by atoms with Crippen molar-refractivity contribution in [2.24, 2.45) is 10.4 Å². The van der Waals surface area contributed by atoms with Crippen LogP contribution >= 0.6 is 0 Å². The van der Waals surface area contributed by atoms with E-state index in [-0.39, 0.29) is 16.4 Å². The Morgan fingerprint density at radius 3 is 2.24 bits per heavy atom. The van der Waals surface area contributed by atoms with E-state index in [1.807, 2.05) is 0 Å². The fourth-order valence-corrected chi connectivity index (χ4v) is 2.97. The normalized spacial score (nSPS) is 14.2. The molecule has 0 radical (unpaired) electrons. The number of nitrogens with zero attached hydrogens (tertiary/aromatic N) is 1. The third-order valence-corrected chi connectivity index (χ3v) is 5.32. The van der Waals surface area contributed by atoms with Crippen molar-refractivity contribution in [1.29, 1.82) is 0 Å². The van der Waals surface area contributed by atoms with Crippen molar-refractivity contribution in [1.82, 2.24) is 15.4 Å². The lowest BCUT2D eigenvalue weighted by Crippen LogP contribution is -2.45. The molecule has 7 nitrogen and oxygen atoms in total. The molecule has 0 aromatic heterocycles. The molecule has 0 heterocycles. The van der Waals surface area contributed by atoms with E-state index in [1.54, 1.807) is 38.4 Å². The number of benzene rings is 1. The molecule has 1 unspecified atom stereocenters. The van der Waals surface area contributed by atoms with E-state index in [9.17, 15) is 8.42 Å². The van der Waals surface area contributed by atoms with Crippen molar-refractivity contribution in [2.75, 3.05) is 27.7 Å². The molecule has 1 aromatic rings. The van der Waals surface area contributed by atoms with Crippen molar-refractivity contribution < 1.29 is 13.2 Å². The standard InChI is InChI=1S/C17H30N4O3S/c1-17(2,3)15(24-6)12-21-16(18-4)20-11-13-7-9-14(10-8-13)25(22,23)19-5/h7-10,15,19H,11-12H2,1-6H3,(H2,18,20,21). The summed E-state index contributed by atoms with van der Waals surface area (Å²) in [6.45, 7) is 7.55. The molecule has 0 fully saturated rings. The van der Waals surface area contributed by atoms with Gasteiger partial charge in [0.15, 0.2) is 5.96 Å². The Bertz CT molecular complexity index is 664. The van der Waals surface area contributed by atoms with Crippen LogP contribution in [0.1, 0.15) is 26.3 Å². The maximum absolute atomic E-state index is 11.7. The fourth-order valence-electron chi connectivity index (χ4n) is 2.24. The smallest absolute Gasteiger partial charge is 0.240 e. The van der Waals surface area contributed by atoms with Crippen LogP contribution in [-0.2, 0) is 21.3 Å². The summed E-state index contributed by atoms with van der Waals surface area (Å²) in [5.74, 6) is 0.665.